The molecule has 2 aromatic heterocycles. The summed E-state index contributed by atoms with van der Waals surface area (Å²) in [5.41, 5.74) is 2.35. The second kappa shape index (κ2) is 7.72. The zero-order valence-electron chi connectivity index (χ0n) is 16.4. The number of carbonyl (C=O) groups is 1. The number of thioether (sulfide) groups is 1. The molecule has 1 atom stereocenters. The van der Waals surface area contributed by atoms with E-state index in [1.165, 1.54) is 17.3 Å². The van der Waals surface area contributed by atoms with Crippen LogP contribution < -0.4 is 0 Å². The van der Waals surface area contributed by atoms with Crippen molar-refractivity contribution in [3.05, 3.63) is 54.0 Å². The molecule has 3 aromatic rings. The Hall–Kier alpha value is -2.34. The van der Waals surface area contributed by atoms with Crippen molar-refractivity contribution >= 4 is 17.5 Å². The molecule has 6 heteroatoms. The quantitative estimate of drug-likeness (QED) is 0.563. The topological polar surface area (TPSA) is 60.9 Å². The standard InChI is InChI=1S/C21H25N3O2S/c1-14(25)15(2)27-20-23-22-19(24(20)13-18-7-6-12-26-18)16-8-10-17(11-9-16)21(3,4)5/h6-12,15H,13H2,1-5H3. The first kappa shape index (κ1) is 19.4. The van der Waals surface area contributed by atoms with E-state index in [0.29, 0.717) is 11.7 Å². The number of nitrogens with zero attached hydrogens (tertiary/aromatic N) is 3. The van der Waals surface area contributed by atoms with E-state index in [0.717, 1.165) is 17.1 Å². The number of carbonyl (C=O) groups excluding carboxylic acids is 1. The van der Waals surface area contributed by atoms with Crippen molar-refractivity contribution in [2.45, 2.75) is 57.0 Å². The third-order valence-electron chi connectivity index (χ3n) is 4.47. The Morgan fingerprint density at radius 1 is 1.19 bits per heavy atom. The number of Topliss-reactive ketones (excluding diaryl/α,β-unsaturated/α-hetero) is 1. The van der Waals surface area contributed by atoms with Crippen LogP contribution in [0.5, 0.6) is 0 Å². The maximum absolute atomic E-state index is 11.7. The molecular formula is C21H25N3O2S. The van der Waals surface area contributed by atoms with Crippen LogP contribution in [-0.4, -0.2) is 25.8 Å². The van der Waals surface area contributed by atoms with Gasteiger partial charge in [-0.1, -0.05) is 56.8 Å². The van der Waals surface area contributed by atoms with Gasteiger partial charge in [0.15, 0.2) is 11.0 Å². The summed E-state index contributed by atoms with van der Waals surface area (Å²) < 4.78 is 7.53. The van der Waals surface area contributed by atoms with Crippen LogP contribution in [-0.2, 0) is 16.8 Å². The Labute approximate surface area is 164 Å². The molecule has 5 nitrogen and oxygen atoms in total. The molecule has 0 spiro atoms. The average Bonchev–Trinajstić information content (AvgIpc) is 3.25. The molecule has 1 unspecified atom stereocenters. The summed E-state index contributed by atoms with van der Waals surface area (Å²) in [4.78, 5) is 11.7. The highest BCUT2D eigenvalue weighted by Crippen LogP contribution is 2.30. The summed E-state index contributed by atoms with van der Waals surface area (Å²) in [5, 5.41) is 9.29. The Morgan fingerprint density at radius 3 is 2.44 bits per heavy atom. The summed E-state index contributed by atoms with van der Waals surface area (Å²) in [5.74, 6) is 1.70. The van der Waals surface area contributed by atoms with Crippen LogP contribution in [0.3, 0.4) is 0 Å². The van der Waals surface area contributed by atoms with Gasteiger partial charge in [-0.3, -0.25) is 9.36 Å². The lowest BCUT2D eigenvalue weighted by Gasteiger charge is -2.19. The van der Waals surface area contributed by atoms with E-state index in [2.05, 4.69) is 55.2 Å². The van der Waals surface area contributed by atoms with E-state index in [4.69, 9.17) is 4.42 Å². The zero-order valence-corrected chi connectivity index (χ0v) is 17.2. The van der Waals surface area contributed by atoms with Gasteiger partial charge in [-0.15, -0.1) is 10.2 Å². The molecular weight excluding hydrogens is 358 g/mol. The van der Waals surface area contributed by atoms with Gasteiger partial charge in [0.05, 0.1) is 18.1 Å². The zero-order chi connectivity index (χ0) is 19.6. The van der Waals surface area contributed by atoms with Gasteiger partial charge in [0.25, 0.3) is 0 Å². The molecule has 0 aliphatic rings. The summed E-state index contributed by atoms with van der Waals surface area (Å²) in [6, 6.07) is 12.2. The van der Waals surface area contributed by atoms with Crippen LogP contribution in [0.1, 0.15) is 45.9 Å². The fraction of sp³-hybridized carbons (Fsp3) is 0.381. The van der Waals surface area contributed by atoms with Crippen molar-refractivity contribution in [1.82, 2.24) is 14.8 Å². The second-order valence-electron chi connectivity index (χ2n) is 7.67. The lowest BCUT2D eigenvalue weighted by molar-refractivity contribution is -0.116. The first-order chi connectivity index (χ1) is 12.8. The molecule has 0 saturated carbocycles. The third kappa shape index (κ3) is 4.50. The number of hydrogen-bond acceptors (Lipinski definition) is 5. The second-order valence-corrected chi connectivity index (χ2v) is 8.98. The van der Waals surface area contributed by atoms with Crippen molar-refractivity contribution in [1.29, 1.82) is 0 Å². The highest BCUT2D eigenvalue weighted by molar-refractivity contribution is 8.00. The van der Waals surface area contributed by atoms with E-state index < -0.39 is 0 Å². The van der Waals surface area contributed by atoms with Crippen LogP contribution in [0.25, 0.3) is 11.4 Å². The number of aromatic nitrogens is 3. The van der Waals surface area contributed by atoms with Crippen molar-refractivity contribution in [3.8, 4) is 11.4 Å². The molecule has 0 aliphatic carbocycles. The lowest BCUT2D eigenvalue weighted by atomic mass is 9.87. The summed E-state index contributed by atoms with van der Waals surface area (Å²) in [7, 11) is 0. The van der Waals surface area contributed by atoms with Crippen molar-refractivity contribution < 1.29 is 9.21 Å². The predicted octanol–water partition coefficient (Wildman–Crippen LogP) is 4.95. The van der Waals surface area contributed by atoms with E-state index >= 15 is 0 Å². The van der Waals surface area contributed by atoms with E-state index in [9.17, 15) is 4.79 Å². The highest BCUT2D eigenvalue weighted by Gasteiger charge is 2.20. The Morgan fingerprint density at radius 2 is 1.89 bits per heavy atom. The maximum atomic E-state index is 11.7. The third-order valence-corrected chi connectivity index (χ3v) is 5.67. The predicted molar refractivity (Wildman–Crippen MR) is 108 cm³/mol. The van der Waals surface area contributed by atoms with Gasteiger partial charge in [0, 0.05) is 5.56 Å². The largest absolute Gasteiger partial charge is 0.467 e. The lowest BCUT2D eigenvalue weighted by Crippen LogP contribution is -2.11. The molecule has 0 bridgehead atoms. The fourth-order valence-electron chi connectivity index (χ4n) is 2.65. The molecule has 0 amide bonds. The summed E-state index contributed by atoms with van der Waals surface area (Å²) in [6.45, 7) is 10.6. The van der Waals surface area contributed by atoms with Crippen molar-refractivity contribution in [2.75, 3.05) is 0 Å². The van der Waals surface area contributed by atoms with Crippen molar-refractivity contribution in [3.63, 3.8) is 0 Å². The van der Waals surface area contributed by atoms with Crippen LogP contribution in [0.2, 0.25) is 0 Å². The molecule has 1 aromatic carbocycles. The van der Waals surface area contributed by atoms with Gasteiger partial charge in [0.2, 0.25) is 0 Å². The van der Waals surface area contributed by atoms with E-state index in [-0.39, 0.29) is 16.4 Å². The molecule has 0 aliphatic heterocycles. The summed E-state index contributed by atoms with van der Waals surface area (Å²) >= 11 is 1.42. The van der Waals surface area contributed by atoms with Crippen LogP contribution >= 0.6 is 11.8 Å². The highest BCUT2D eigenvalue weighted by atomic mass is 32.2. The molecule has 3 rings (SSSR count). The van der Waals surface area contributed by atoms with E-state index in [1.54, 1.807) is 13.2 Å². The first-order valence-electron chi connectivity index (χ1n) is 8.99. The van der Waals surface area contributed by atoms with Crippen molar-refractivity contribution in [2.24, 2.45) is 0 Å². The molecule has 27 heavy (non-hydrogen) atoms. The Balaban J connectivity index is 1.99. The minimum absolute atomic E-state index is 0.0955. The molecule has 0 N–H and O–H groups in total. The SMILES string of the molecule is CC(=O)C(C)Sc1nnc(-c2ccc(C(C)(C)C)cc2)n1Cc1ccco1. The van der Waals surface area contributed by atoms with E-state index in [1.807, 2.05) is 23.6 Å². The molecule has 0 radical (unpaired) electrons. The number of furan rings is 1. The van der Waals surface area contributed by atoms with Gasteiger partial charge in [-0.2, -0.15) is 0 Å². The smallest absolute Gasteiger partial charge is 0.192 e. The number of hydrogen-bond donors (Lipinski definition) is 0. The van der Waals surface area contributed by atoms with Crippen LogP contribution in [0.4, 0.5) is 0 Å². The summed E-state index contributed by atoms with van der Waals surface area (Å²) in [6.07, 6.45) is 1.66. The van der Waals surface area contributed by atoms with Crippen LogP contribution in [0.15, 0.2) is 52.2 Å². The number of ketones is 1. The Bertz CT molecular complexity index is 906. The minimum Gasteiger partial charge on any atom is -0.467 e. The Kier molecular flexibility index (Phi) is 5.56. The van der Waals surface area contributed by atoms with Gasteiger partial charge in [-0.25, -0.2) is 0 Å². The normalized spacial score (nSPS) is 12.9. The van der Waals surface area contributed by atoms with Gasteiger partial charge in [-0.05, 0) is 37.0 Å². The van der Waals surface area contributed by atoms with Crippen LogP contribution in [0, 0.1) is 0 Å². The molecule has 0 saturated heterocycles. The first-order valence-corrected chi connectivity index (χ1v) is 9.87. The number of benzene rings is 1. The van der Waals surface area contributed by atoms with Gasteiger partial charge >= 0.3 is 0 Å². The molecule has 2 heterocycles. The van der Waals surface area contributed by atoms with Gasteiger partial charge < -0.3 is 4.42 Å². The fourth-order valence-corrected chi connectivity index (χ4v) is 3.50. The average molecular weight is 384 g/mol. The number of rotatable bonds is 6. The molecule has 142 valence electrons. The minimum atomic E-state index is -0.180. The maximum Gasteiger partial charge on any atom is 0.192 e. The van der Waals surface area contributed by atoms with Gasteiger partial charge in [0.1, 0.15) is 11.5 Å². The molecule has 0 fully saturated rings. The monoisotopic (exact) mass is 383 g/mol.